The van der Waals surface area contributed by atoms with Crippen LogP contribution in [0, 0.1) is 0 Å². The first kappa shape index (κ1) is 18.8. The Morgan fingerprint density at radius 3 is 2.62 bits per heavy atom. The molecule has 1 aliphatic heterocycles. The predicted octanol–water partition coefficient (Wildman–Crippen LogP) is 3.77. The van der Waals surface area contributed by atoms with Crippen molar-refractivity contribution in [2.45, 2.75) is 0 Å². The van der Waals surface area contributed by atoms with Crippen molar-refractivity contribution < 1.29 is 4.74 Å². The SMILES string of the molecule is O=c1cc(N2CCOCC2)[nH]c2c(-c3cn(-c4ccc5ccccc5c4)nn3)cccc12. The predicted molar refractivity (Wildman–Crippen MR) is 125 cm³/mol. The Morgan fingerprint density at radius 1 is 0.906 bits per heavy atom. The van der Waals surface area contributed by atoms with Gasteiger partial charge in [-0.3, -0.25) is 4.79 Å². The van der Waals surface area contributed by atoms with Crippen LogP contribution in [-0.2, 0) is 4.74 Å². The smallest absolute Gasteiger partial charge is 0.191 e. The van der Waals surface area contributed by atoms with Gasteiger partial charge in [0.2, 0.25) is 0 Å². The van der Waals surface area contributed by atoms with E-state index in [1.165, 1.54) is 5.39 Å². The Balaban J connectivity index is 1.44. The maximum absolute atomic E-state index is 12.9. The van der Waals surface area contributed by atoms with Crippen molar-refractivity contribution in [3.63, 3.8) is 0 Å². The molecule has 0 unspecified atom stereocenters. The molecule has 3 heterocycles. The van der Waals surface area contributed by atoms with E-state index in [4.69, 9.17) is 4.74 Å². The molecule has 0 spiro atoms. The Morgan fingerprint density at radius 2 is 1.75 bits per heavy atom. The molecule has 1 fully saturated rings. The molecule has 0 saturated carbocycles. The van der Waals surface area contributed by atoms with E-state index >= 15 is 0 Å². The maximum atomic E-state index is 12.9. The van der Waals surface area contributed by atoms with E-state index in [0.29, 0.717) is 24.3 Å². The minimum absolute atomic E-state index is 0.0102. The lowest BCUT2D eigenvalue weighted by Crippen LogP contribution is -2.37. The second-order valence-corrected chi connectivity index (χ2v) is 7.93. The zero-order valence-electron chi connectivity index (χ0n) is 17.4. The lowest BCUT2D eigenvalue weighted by molar-refractivity contribution is 0.122. The van der Waals surface area contributed by atoms with Gasteiger partial charge in [-0.1, -0.05) is 47.7 Å². The molecule has 1 saturated heterocycles. The number of fused-ring (bicyclic) bond motifs is 2. The number of aromatic nitrogens is 4. The van der Waals surface area contributed by atoms with E-state index in [9.17, 15) is 4.79 Å². The van der Waals surface area contributed by atoms with Gasteiger partial charge in [-0.05, 0) is 29.0 Å². The fourth-order valence-corrected chi connectivity index (χ4v) is 4.28. The van der Waals surface area contributed by atoms with Gasteiger partial charge in [0, 0.05) is 30.1 Å². The number of nitrogens with one attached hydrogen (secondary N) is 1. The van der Waals surface area contributed by atoms with Crippen LogP contribution in [0.15, 0.2) is 77.7 Å². The molecule has 1 aliphatic rings. The van der Waals surface area contributed by atoms with E-state index in [0.717, 1.165) is 41.1 Å². The van der Waals surface area contributed by atoms with E-state index < -0.39 is 0 Å². The van der Waals surface area contributed by atoms with Crippen LogP contribution in [0.5, 0.6) is 0 Å². The van der Waals surface area contributed by atoms with Crippen molar-refractivity contribution in [3.8, 4) is 16.9 Å². The van der Waals surface area contributed by atoms with E-state index in [1.807, 2.05) is 42.6 Å². The van der Waals surface area contributed by atoms with Crippen LogP contribution in [0.4, 0.5) is 5.82 Å². The van der Waals surface area contributed by atoms with Crippen LogP contribution >= 0.6 is 0 Å². The number of pyridine rings is 1. The van der Waals surface area contributed by atoms with Crippen molar-refractivity contribution in [1.82, 2.24) is 20.0 Å². The summed E-state index contributed by atoms with van der Waals surface area (Å²) in [7, 11) is 0. The van der Waals surface area contributed by atoms with E-state index in [2.05, 4.69) is 44.5 Å². The normalized spacial score (nSPS) is 14.3. The summed E-state index contributed by atoms with van der Waals surface area (Å²) in [6.45, 7) is 2.81. The second-order valence-electron chi connectivity index (χ2n) is 7.93. The van der Waals surface area contributed by atoms with Gasteiger partial charge >= 0.3 is 0 Å². The third-order valence-corrected chi connectivity index (χ3v) is 5.97. The van der Waals surface area contributed by atoms with Crippen molar-refractivity contribution in [3.05, 3.63) is 83.2 Å². The first-order valence-corrected chi connectivity index (χ1v) is 10.7. The standard InChI is InChI=1S/C25H21N5O2/c31-23-15-24(29-10-12-32-13-11-29)26-25-20(6-3-7-21(23)25)22-16-30(28-27-22)19-9-8-17-4-1-2-5-18(17)14-19/h1-9,14-16H,10-13H2,(H,26,31). The highest BCUT2D eigenvalue weighted by atomic mass is 16.5. The number of hydrogen-bond acceptors (Lipinski definition) is 5. The molecule has 2 aromatic heterocycles. The summed E-state index contributed by atoms with van der Waals surface area (Å²) >= 11 is 0. The van der Waals surface area contributed by atoms with Crippen LogP contribution in [0.25, 0.3) is 38.6 Å². The summed E-state index contributed by atoms with van der Waals surface area (Å²) in [6.07, 6.45) is 1.90. The molecule has 0 aliphatic carbocycles. The zero-order chi connectivity index (χ0) is 21.5. The summed E-state index contributed by atoms with van der Waals surface area (Å²) in [5.74, 6) is 0.806. The Kier molecular flexibility index (Phi) is 4.47. The molecule has 32 heavy (non-hydrogen) atoms. The van der Waals surface area contributed by atoms with Gasteiger partial charge in [0.25, 0.3) is 0 Å². The van der Waals surface area contributed by atoms with Gasteiger partial charge in [0.15, 0.2) is 5.43 Å². The van der Waals surface area contributed by atoms with Gasteiger partial charge in [-0.25, -0.2) is 4.68 Å². The molecular weight excluding hydrogens is 402 g/mol. The third-order valence-electron chi connectivity index (χ3n) is 5.97. The van der Waals surface area contributed by atoms with Crippen LogP contribution in [0.2, 0.25) is 0 Å². The molecule has 0 atom stereocenters. The number of anilines is 1. The third kappa shape index (κ3) is 3.23. The molecule has 0 amide bonds. The topological polar surface area (TPSA) is 76.0 Å². The van der Waals surface area contributed by atoms with Gasteiger partial charge in [-0.2, -0.15) is 0 Å². The summed E-state index contributed by atoms with van der Waals surface area (Å²) in [6, 6.07) is 21.8. The van der Waals surface area contributed by atoms with E-state index in [1.54, 1.807) is 10.7 Å². The lowest BCUT2D eigenvalue weighted by Gasteiger charge is -2.28. The number of hydrogen-bond donors (Lipinski definition) is 1. The van der Waals surface area contributed by atoms with Crippen LogP contribution < -0.4 is 10.3 Å². The molecule has 7 heteroatoms. The lowest BCUT2D eigenvalue weighted by atomic mass is 10.1. The Labute approximate surface area is 183 Å². The molecule has 0 bridgehead atoms. The number of H-pyrrole nitrogens is 1. The van der Waals surface area contributed by atoms with Gasteiger partial charge in [-0.15, -0.1) is 5.10 Å². The fourth-order valence-electron chi connectivity index (χ4n) is 4.28. The Hall–Kier alpha value is -3.97. The molecule has 158 valence electrons. The average molecular weight is 423 g/mol. The van der Waals surface area contributed by atoms with Gasteiger partial charge in [0.1, 0.15) is 11.5 Å². The first-order valence-electron chi connectivity index (χ1n) is 10.7. The minimum Gasteiger partial charge on any atom is -0.378 e. The van der Waals surface area contributed by atoms with Gasteiger partial charge in [0.05, 0.1) is 30.6 Å². The molecule has 6 rings (SSSR count). The van der Waals surface area contributed by atoms with Crippen molar-refractivity contribution in [1.29, 1.82) is 0 Å². The van der Waals surface area contributed by atoms with Crippen molar-refractivity contribution in [2.75, 3.05) is 31.2 Å². The van der Waals surface area contributed by atoms with Crippen LogP contribution in [0.1, 0.15) is 0 Å². The molecule has 5 aromatic rings. The molecule has 7 nitrogen and oxygen atoms in total. The molecular formula is C25H21N5O2. The van der Waals surface area contributed by atoms with Crippen LogP contribution in [0.3, 0.4) is 0 Å². The van der Waals surface area contributed by atoms with Gasteiger partial charge < -0.3 is 14.6 Å². The summed E-state index contributed by atoms with van der Waals surface area (Å²) in [5.41, 5.74) is 3.25. The molecule has 1 N–H and O–H groups in total. The fraction of sp³-hybridized carbons (Fsp3) is 0.160. The highest BCUT2D eigenvalue weighted by Gasteiger charge is 2.16. The minimum atomic E-state index is -0.0102. The molecule has 0 radical (unpaired) electrons. The number of rotatable bonds is 3. The first-order chi connectivity index (χ1) is 15.8. The second kappa shape index (κ2) is 7.62. The average Bonchev–Trinajstić information content (AvgIpc) is 3.34. The van der Waals surface area contributed by atoms with Crippen LogP contribution in [-0.4, -0.2) is 46.3 Å². The summed E-state index contributed by atoms with van der Waals surface area (Å²) in [4.78, 5) is 18.5. The van der Waals surface area contributed by atoms with E-state index in [-0.39, 0.29) is 5.43 Å². The highest BCUT2D eigenvalue weighted by Crippen LogP contribution is 2.27. The van der Waals surface area contributed by atoms with Crippen molar-refractivity contribution in [2.24, 2.45) is 0 Å². The monoisotopic (exact) mass is 423 g/mol. The summed E-state index contributed by atoms with van der Waals surface area (Å²) < 4.78 is 7.22. The largest absolute Gasteiger partial charge is 0.378 e. The zero-order valence-corrected chi connectivity index (χ0v) is 17.4. The number of morpholine rings is 1. The molecule has 3 aromatic carbocycles. The number of aromatic amines is 1. The maximum Gasteiger partial charge on any atom is 0.191 e. The number of nitrogens with zero attached hydrogens (tertiary/aromatic N) is 4. The van der Waals surface area contributed by atoms with Crippen molar-refractivity contribution >= 4 is 27.5 Å². The highest BCUT2D eigenvalue weighted by molar-refractivity contribution is 5.93. The quantitative estimate of drug-likeness (QED) is 0.478. The Bertz CT molecular complexity index is 1500. The summed E-state index contributed by atoms with van der Waals surface area (Å²) in [5, 5.41) is 11.7. The number of benzene rings is 3. The number of para-hydroxylation sites is 1. The number of ether oxygens (including phenoxy) is 1.